The molecule has 0 aliphatic rings. The van der Waals surface area contributed by atoms with Gasteiger partial charge in [0.05, 0.1) is 0 Å². The van der Waals surface area contributed by atoms with E-state index in [1.165, 1.54) is 11.3 Å². The molecule has 1 aromatic heterocycles. The molecule has 0 aromatic carbocycles. The van der Waals surface area contributed by atoms with Crippen molar-refractivity contribution in [3.8, 4) is 0 Å². The highest BCUT2D eigenvalue weighted by Gasteiger charge is 2.10. The lowest BCUT2D eigenvalue weighted by Crippen LogP contribution is -2.26. The second kappa shape index (κ2) is 5.50. The molecular formula is C10H14N2O3S. The fourth-order valence-corrected chi connectivity index (χ4v) is 1.95. The number of hydrogen-bond acceptors (Lipinski definition) is 4. The first-order chi connectivity index (χ1) is 7.54. The van der Waals surface area contributed by atoms with Crippen LogP contribution in [0.2, 0.25) is 0 Å². The van der Waals surface area contributed by atoms with Crippen LogP contribution < -0.4 is 10.2 Å². The van der Waals surface area contributed by atoms with Crippen LogP contribution in [0.1, 0.15) is 16.1 Å². The maximum absolute atomic E-state index is 11.0. The Labute approximate surface area is 97.7 Å². The summed E-state index contributed by atoms with van der Waals surface area (Å²) in [6.45, 7) is 0.565. The minimum Gasteiger partial charge on any atom is -0.477 e. The number of rotatable bonds is 5. The summed E-state index contributed by atoms with van der Waals surface area (Å²) in [5.74, 6) is -0.948. The molecule has 1 rings (SSSR count). The average molecular weight is 242 g/mol. The van der Waals surface area contributed by atoms with Gasteiger partial charge in [0.1, 0.15) is 4.88 Å². The summed E-state index contributed by atoms with van der Waals surface area (Å²) in [6, 6.07) is 1.61. The van der Waals surface area contributed by atoms with Crippen LogP contribution in [0.5, 0.6) is 0 Å². The summed E-state index contributed by atoms with van der Waals surface area (Å²) < 4.78 is 0. The minimum atomic E-state index is -0.920. The summed E-state index contributed by atoms with van der Waals surface area (Å²) in [7, 11) is 3.42. The third-order valence-electron chi connectivity index (χ3n) is 2.19. The smallest absolute Gasteiger partial charge is 0.345 e. The summed E-state index contributed by atoms with van der Waals surface area (Å²) in [5, 5.41) is 13.1. The first-order valence-electron chi connectivity index (χ1n) is 4.78. The average Bonchev–Trinajstić information content (AvgIpc) is 2.74. The van der Waals surface area contributed by atoms with Crippen molar-refractivity contribution in [1.29, 1.82) is 0 Å². The van der Waals surface area contributed by atoms with Crippen molar-refractivity contribution < 1.29 is 14.7 Å². The number of nitrogens with one attached hydrogen (secondary N) is 1. The number of aromatic carboxylic acids is 1. The largest absolute Gasteiger partial charge is 0.477 e. The van der Waals surface area contributed by atoms with E-state index in [4.69, 9.17) is 5.11 Å². The molecule has 0 atom stereocenters. The monoisotopic (exact) mass is 242 g/mol. The maximum atomic E-state index is 11.0. The molecule has 0 aliphatic heterocycles. The number of anilines is 1. The van der Waals surface area contributed by atoms with Crippen LogP contribution in [-0.2, 0) is 4.79 Å². The molecule has 6 heteroatoms. The standard InChI is InChI=1S/C10H14N2O3S/c1-11-9(13)3-4-12(2)7-5-8(10(14)15)16-6-7/h5-6H,3-4H2,1-2H3,(H,11,13)(H,14,15). The Hall–Kier alpha value is -1.56. The number of carboxylic acid groups (broad SMARTS) is 1. The van der Waals surface area contributed by atoms with Gasteiger partial charge in [-0.05, 0) is 6.07 Å². The van der Waals surface area contributed by atoms with Crippen molar-refractivity contribution in [2.75, 3.05) is 25.5 Å². The van der Waals surface area contributed by atoms with Crippen molar-refractivity contribution in [3.05, 3.63) is 16.3 Å². The fraction of sp³-hybridized carbons (Fsp3) is 0.400. The first kappa shape index (κ1) is 12.5. The Morgan fingerprint density at radius 1 is 1.56 bits per heavy atom. The van der Waals surface area contributed by atoms with E-state index < -0.39 is 5.97 Å². The number of nitrogens with zero attached hydrogens (tertiary/aromatic N) is 1. The Morgan fingerprint density at radius 3 is 2.75 bits per heavy atom. The van der Waals surface area contributed by atoms with Gasteiger partial charge in [0.2, 0.25) is 5.91 Å². The number of carbonyl (C=O) groups is 2. The van der Waals surface area contributed by atoms with Crippen LogP contribution >= 0.6 is 11.3 Å². The summed E-state index contributed by atoms with van der Waals surface area (Å²) in [4.78, 5) is 23.9. The van der Waals surface area contributed by atoms with Gasteiger partial charge in [-0.15, -0.1) is 11.3 Å². The highest BCUT2D eigenvalue weighted by Crippen LogP contribution is 2.22. The zero-order valence-electron chi connectivity index (χ0n) is 9.19. The van der Waals surface area contributed by atoms with E-state index in [-0.39, 0.29) is 5.91 Å². The van der Waals surface area contributed by atoms with Crippen LogP contribution in [-0.4, -0.2) is 37.6 Å². The predicted molar refractivity (Wildman–Crippen MR) is 63.2 cm³/mol. The zero-order valence-corrected chi connectivity index (χ0v) is 10.0. The van der Waals surface area contributed by atoms with E-state index >= 15 is 0 Å². The summed E-state index contributed by atoms with van der Waals surface area (Å²) in [5.41, 5.74) is 0.825. The predicted octanol–water partition coefficient (Wildman–Crippen LogP) is 1.02. The Balaban J connectivity index is 2.55. The normalized spacial score (nSPS) is 9.88. The third-order valence-corrected chi connectivity index (χ3v) is 3.10. The van der Waals surface area contributed by atoms with Gasteiger partial charge in [-0.1, -0.05) is 0 Å². The van der Waals surface area contributed by atoms with Gasteiger partial charge in [-0.25, -0.2) is 4.79 Å². The first-order valence-corrected chi connectivity index (χ1v) is 5.66. The fourth-order valence-electron chi connectivity index (χ4n) is 1.16. The van der Waals surface area contributed by atoms with E-state index in [2.05, 4.69) is 5.32 Å². The van der Waals surface area contributed by atoms with Gasteiger partial charge in [0, 0.05) is 38.1 Å². The molecule has 0 radical (unpaired) electrons. The number of thiophene rings is 1. The van der Waals surface area contributed by atoms with Gasteiger partial charge in [-0.3, -0.25) is 4.79 Å². The number of hydrogen-bond donors (Lipinski definition) is 2. The van der Waals surface area contributed by atoms with E-state index in [0.29, 0.717) is 17.8 Å². The quantitative estimate of drug-likeness (QED) is 0.808. The van der Waals surface area contributed by atoms with Crippen LogP contribution in [0.15, 0.2) is 11.4 Å². The van der Waals surface area contributed by atoms with Crippen LogP contribution in [0.25, 0.3) is 0 Å². The SMILES string of the molecule is CNC(=O)CCN(C)c1csc(C(=O)O)c1. The second-order valence-electron chi connectivity index (χ2n) is 3.32. The molecule has 0 saturated heterocycles. The number of carbonyl (C=O) groups excluding carboxylic acids is 1. The number of carboxylic acids is 1. The Kier molecular flexibility index (Phi) is 4.30. The molecule has 1 aromatic rings. The van der Waals surface area contributed by atoms with Gasteiger partial charge >= 0.3 is 5.97 Å². The summed E-state index contributed by atoms with van der Waals surface area (Å²) in [6.07, 6.45) is 0.394. The minimum absolute atomic E-state index is 0.0273. The molecule has 0 saturated carbocycles. The van der Waals surface area contributed by atoms with Crippen LogP contribution in [0, 0.1) is 0 Å². The summed E-state index contributed by atoms with van der Waals surface area (Å²) >= 11 is 1.18. The molecule has 0 fully saturated rings. The molecule has 0 unspecified atom stereocenters. The van der Waals surface area contributed by atoms with E-state index in [1.807, 2.05) is 11.9 Å². The molecule has 5 nitrogen and oxygen atoms in total. The maximum Gasteiger partial charge on any atom is 0.345 e. The van der Waals surface area contributed by atoms with Gasteiger partial charge in [0.15, 0.2) is 0 Å². The van der Waals surface area contributed by atoms with Crippen molar-refractivity contribution in [2.45, 2.75) is 6.42 Å². The van der Waals surface area contributed by atoms with E-state index in [1.54, 1.807) is 18.5 Å². The highest BCUT2D eigenvalue weighted by atomic mass is 32.1. The van der Waals surface area contributed by atoms with Crippen molar-refractivity contribution in [3.63, 3.8) is 0 Å². The molecule has 16 heavy (non-hydrogen) atoms. The number of amides is 1. The molecule has 0 spiro atoms. The second-order valence-corrected chi connectivity index (χ2v) is 4.23. The van der Waals surface area contributed by atoms with Gasteiger partial charge in [-0.2, -0.15) is 0 Å². The van der Waals surface area contributed by atoms with Crippen LogP contribution in [0.4, 0.5) is 5.69 Å². The van der Waals surface area contributed by atoms with Gasteiger partial charge in [0.25, 0.3) is 0 Å². The lowest BCUT2D eigenvalue weighted by Gasteiger charge is -2.16. The van der Waals surface area contributed by atoms with E-state index in [0.717, 1.165) is 5.69 Å². The van der Waals surface area contributed by atoms with Gasteiger partial charge < -0.3 is 15.3 Å². The van der Waals surface area contributed by atoms with E-state index in [9.17, 15) is 9.59 Å². The lowest BCUT2D eigenvalue weighted by molar-refractivity contribution is -0.120. The van der Waals surface area contributed by atoms with Crippen molar-refractivity contribution in [2.24, 2.45) is 0 Å². The molecule has 88 valence electrons. The van der Waals surface area contributed by atoms with Crippen molar-refractivity contribution >= 4 is 28.9 Å². The third kappa shape index (κ3) is 3.23. The molecular weight excluding hydrogens is 228 g/mol. The van der Waals surface area contributed by atoms with Crippen LogP contribution in [0.3, 0.4) is 0 Å². The van der Waals surface area contributed by atoms with Crippen molar-refractivity contribution in [1.82, 2.24) is 5.32 Å². The Bertz CT molecular complexity index is 389. The zero-order chi connectivity index (χ0) is 12.1. The molecule has 0 aliphatic carbocycles. The molecule has 1 heterocycles. The molecule has 1 amide bonds. The molecule has 2 N–H and O–H groups in total. The highest BCUT2D eigenvalue weighted by molar-refractivity contribution is 7.12. The molecule has 0 bridgehead atoms. The topological polar surface area (TPSA) is 69.6 Å². The Morgan fingerprint density at radius 2 is 2.25 bits per heavy atom. The lowest BCUT2D eigenvalue weighted by atomic mass is 10.3.